The highest BCUT2D eigenvalue weighted by molar-refractivity contribution is 7.98. The van der Waals surface area contributed by atoms with E-state index in [4.69, 9.17) is 11.5 Å². The van der Waals surface area contributed by atoms with Gasteiger partial charge in [0.1, 0.15) is 18.1 Å². The van der Waals surface area contributed by atoms with Gasteiger partial charge in [-0.3, -0.25) is 19.2 Å². The summed E-state index contributed by atoms with van der Waals surface area (Å²) in [6.07, 6.45) is 3.36. The van der Waals surface area contributed by atoms with Crippen molar-refractivity contribution in [2.45, 2.75) is 70.1 Å². The van der Waals surface area contributed by atoms with E-state index in [2.05, 4.69) is 10.6 Å². The zero-order chi connectivity index (χ0) is 24.4. The molecule has 5 atom stereocenters. The Morgan fingerprint density at radius 2 is 1.88 bits per heavy atom. The third-order valence-corrected chi connectivity index (χ3v) is 6.24. The minimum absolute atomic E-state index is 0.276. The van der Waals surface area contributed by atoms with E-state index in [-0.39, 0.29) is 12.3 Å². The van der Waals surface area contributed by atoms with Crippen molar-refractivity contribution < 1.29 is 29.1 Å². The maximum atomic E-state index is 13.2. The van der Waals surface area contributed by atoms with Crippen molar-refractivity contribution in [3.63, 3.8) is 0 Å². The Balaban J connectivity index is 2.95. The molecule has 0 saturated carbocycles. The van der Waals surface area contributed by atoms with Gasteiger partial charge in [-0.2, -0.15) is 11.8 Å². The van der Waals surface area contributed by atoms with Gasteiger partial charge in [-0.1, -0.05) is 20.3 Å². The lowest BCUT2D eigenvalue weighted by molar-refractivity contribution is -0.146. The Bertz CT molecular complexity index is 706. The summed E-state index contributed by atoms with van der Waals surface area (Å²) in [5.74, 6) is -3.20. The smallest absolute Gasteiger partial charge is 0.326 e. The fourth-order valence-corrected chi connectivity index (χ4v) is 3.99. The predicted octanol–water partition coefficient (Wildman–Crippen LogP) is -0.966. The molecule has 182 valence electrons. The van der Waals surface area contributed by atoms with Gasteiger partial charge in [-0.25, -0.2) is 4.79 Å². The number of likely N-dealkylation sites (tertiary alicyclic amines) is 1. The third-order valence-electron chi connectivity index (χ3n) is 5.60. The van der Waals surface area contributed by atoms with Crippen molar-refractivity contribution in [3.8, 4) is 0 Å². The minimum Gasteiger partial charge on any atom is -0.480 e. The maximum Gasteiger partial charge on any atom is 0.326 e. The van der Waals surface area contributed by atoms with Crippen molar-refractivity contribution in [1.82, 2.24) is 15.5 Å². The number of hydrogen-bond acceptors (Lipinski definition) is 7. The molecule has 1 rings (SSSR count). The zero-order valence-corrected chi connectivity index (χ0v) is 19.7. The Hall–Kier alpha value is -2.34. The molecule has 0 aliphatic carbocycles. The normalized spacial score (nSPS) is 19.5. The Kier molecular flexibility index (Phi) is 11.5. The molecule has 0 aromatic carbocycles. The van der Waals surface area contributed by atoms with Crippen LogP contribution >= 0.6 is 11.8 Å². The molecule has 5 unspecified atom stereocenters. The molecule has 1 heterocycles. The van der Waals surface area contributed by atoms with Gasteiger partial charge >= 0.3 is 5.97 Å². The number of carboxylic acid groups (broad SMARTS) is 1. The fourth-order valence-electron chi connectivity index (χ4n) is 3.52. The van der Waals surface area contributed by atoms with Crippen LogP contribution in [0.15, 0.2) is 0 Å². The summed E-state index contributed by atoms with van der Waals surface area (Å²) >= 11 is 1.49. The van der Waals surface area contributed by atoms with E-state index in [0.717, 1.165) is 0 Å². The summed E-state index contributed by atoms with van der Waals surface area (Å²) in [7, 11) is 0. The predicted molar refractivity (Wildman–Crippen MR) is 120 cm³/mol. The van der Waals surface area contributed by atoms with Crippen molar-refractivity contribution in [3.05, 3.63) is 0 Å². The Labute approximate surface area is 192 Å². The number of hydrogen-bond donors (Lipinski definition) is 5. The molecule has 11 nitrogen and oxygen atoms in total. The molecule has 4 amide bonds. The number of carboxylic acids is 1. The fraction of sp³-hybridized carbons (Fsp3) is 0.750. The second kappa shape index (κ2) is 13.3. The number of nitrogens with zero attached hydrogens (tertiary/aromatic N) is 1. The number of aliphatic carboxylic acids is 1. The van der Waals surface area contributed by atoms with Crippen molar-refractivity contribution in [2.24, 2.45) is 17.4 Å². The SMILES string of the molecule is CCC(C)C(NC(=O)C1CCCN1C(=O)C(CCSC)NC(=O)C(N)CC(N)=O)C(=O)O. The number of carbonyl (C=O) groups excluding carboxylic acids is 4. The van der Waals surface area contributed by atoms with Crippen LogP contribution in [0.25, 0.3) is 0 Å². The summed E-state index contributed by atoms with van der Waals surface area (Å²) in [6, 6.07) is -3.97. The largest absolute Gasteiger partial charge is 0.480 e. The van der Waals surface area contributed by atoms with Gasteiger partial charge in [0.25, 0.3) is 0 Å². The van der Waals surface area contributed by atoms with E-state index < -0.39 is 53.8 Å². The first kappa shape index (κ1) is 27.7. The molecule has 1 fully saturated rings. The molecule has 0 bridgehead atoms. The van der Waals surface area contributed by atoms with Crippen LogP contribution in [-0.4, -0.2) is 82.3 Å². The first-order valence-electron chi connectivity index (χ1n) is 10.7. The van der Waals surface area contributed by atoms with Crippen LogP contribution in [0.4, 0.5) is 0 Å². The number of thioether (sulfide) groups is 1. The van der Waals surface area contributed by atoms with Crippen molar-refractivity contribution in [2.75, 3.05) is 18.6 Å². The topological polar surface area (TPSA) is 185 Å². The Morgan fingerprint density at radius 1 is 1.22 bits per heavy atom. The molecule has 0 radical (unpaired) electrons. The third kappa shape index (κ3) is 7.97. The van der Waals surface area contributed by atoms with Crippen LogP contribution in [0.5, 0.6) is 0 Å². The van der Waals surface area contributed by atoms with Crippen molar-refractivity contribution in [1.29, 1.82) is 0 Å². The van der Waals surface area contributed by atoms with Crippen LogP contribution in [-0.2, 0) is 24.0 Å². The molecule has 7 N–H and O–H groups in total. The zero-order valence-electron chi connectivity index (χ0n) is 18.8. The monoisotopic (exact) mass is 473 g/mol. The summed E-state index contributed by atoms with van der Waals surface area (Å²) in [5, 5.41) is 14.6. The number of nitrogens with one attached hydrogen (secondary N) is 2. The van der Waals surface area contributed by atoms with Gasteiger partial charge < -0.3 is 32.1 Å². The van der Waals surface area contributed by atoms with Gasteiger partial charge in [0, 0.05) is 6.54 Å². The highest BCUT2D eigenvalue weighted by atomic mass is 32.2. The van der Waals surface area contributed by atoms with Gasteiger partial charge in [0.2, 0.25) is 23.6 Å². The lowest BCUT2D eigenvalue weighted by Crippen LogP contribution is -2.57. The second-order valence-electron chi connectivity index (χ2n) is 8.02. The number of primary amides is 1. The van der Waals surface area contributed by atoms with Gasteiger partial charge in [-0.05, 0) is 37.2 Å². The summed E-state index contributed by atoms with van der Waals surface area (Å²) in [5.41, 5.74) is 10.8. The maximum absolute atomic E-state index is 13.2. The molecule has 1 saturated heterocycles. The quantitative estimate of drug-likeness (QED) is 0.226. The number of nitrogens with two attached hydrogens (primary N) is 2. The molecule has 0 spiro atoms. The van der Waals surface area contributed by atoms with E-state index in [0.29, 0.717) is 38.0 Å². The molecule has 0 aromatic rings. The van der Waals surface area contributed by atoms with Crippen LogP contribution in [0.1, 0.15) is 46.0 Å². The second-order valence-corrected chi connectivity index (χ2v) is 9.00. The van der Waals surface area contributed by atoms with E-state index in [1.165, 1.54) is 16.7 Å². The summed E-state index contributed by atoms with van der Waals surface area (Å²) in [4.78, 5) is 62.4. The van der Waals surface area contributed by atoms with Crippen LogP contribution < -0.4 is 22.1 Å². The Morgan fingerprint density at radius 3 is 2.41 bits per heavy atom. The molecule has 1 aliphatic heterocycles. The number of carbonyl (C=O) groups is 5. The average Bonchev–Trinajstić information content (AvgIpc) is 3.22. The summed E-state index contributed by atoms with van der Waals surface area (Å²) < 4.78 is 0. The molecular formula is C20H35N5O6S. The van der Waals surface area contributed by atoms with Crippen LogP contribution in [0.2, 0.25) is 0 Å². The highest BCUT2D eigenvalue weighted by Crippen LogP contribution is 2.21. The highest BCUT2D eigenvalue weighted by Gasteiger charge is 2.39. The first-order chi connectivity index (χ1) is 15.0. The lowest BCUT2D eigenvalue weighted by atomic mass is 9.98. The van der Waals surface area contributed by atoms with Crippen LogP contribution in [0.3, 0.4) is 0 Å². The molecule has 0 aromatic heterocycles. The van der Waals surface area contributed by atoms with E-state index >= 15 is 0 Å². The minimum atomic E-state index is -1.18. The summed E-state index contributed by atoms with van der Waals surface area (Å²) in [6.45, 7) is 3.89. The number of amides is 4. The van der Waals surface area contributed by atoms with Gasteiger partial charge in [0.05, 0.1) is 12.5 Å². The first-order valence-corrected chi connectivity index (χ1v) is 12.1. The average molecular weight is 474 g/mol. The van der Waals surface area contributed by atoms with Gasteiger partial charge in [0.15, 0.2) is 0 Å². The van der Waals surface area contributed by atoms with E-state index in [9.17, 15) is 29.1 Å². The lowest BCUT2D eigenvalue weighted by Gasteiger charge is -2.30. The van der Waals surface area contributed by atoms with Gasteiger partial charge in [-0.15, -0.1) is 0 Å². The standard InChI is InChI=1S/C20H35N5O6S/c1-4-11(2)16(20(30)31)24-18(28)14-6-5-8-25(14)19(29)13(7-9-32-3)23-17(27)12(21)10-15(22)26/h11-14,16H,4-10,21H2,1-3H3,(H2,22,26)(H,23,27)(H,24,28)(H,30,31). The molecule has 1 aliphatic rings. The molecule has 12 heteroatoms. The van der Waals surface area contributed by atoms with Crippen molar-refractivity contribution >= 4 is 41.4 Å². The van der Waals surface area contributed by atoms with E-state index in [1.807, 2.05) is 13.2 Å². The molecular weight excluding hydrogens is 438 g/mol. The number of rotatable bonds is 13. The van der Waals surface area contributed by atoms with Crippen LogP contribution in [0, 0.1) is 5.92 Å². The van der Waals surface area contributed by atoms with E-state index in [1.54, 1.807) is 6.92 Å². The molecule has 32 heavy (non-hydrogen) atoms.